The summed E-state index contributed by atoms with van der Waals surface area (Å²) in [7, 11) is 0. The van der Waals surface area contributed by atoms with Crippen molar-refractivity contribution in [3.63, 3.8) is 0 Å². The molecule has 1 heterocycles. The Labute approximate surface area is 116 Å². The quantitative estimate of drug-likeness (QED) is 0.933. The second-order valence-electron chi connectivity index (χ2n) is 5.33. The third-order valence-corrected chi connectivity index (χ3v) is 4.18. The summed E-state index contributed by atoms with van der Waals surface area (Å²) >= 11 is 3.33. The van der Waals surface area contributed by atoms with E-state index in [2.05, 4.69) is 27.8 Å². The summed E-state index contributed by atoms with van der Waals surface area (Å²) < 4.78 is 0.858. The fourth-order valence-electron chi connectivity index (χ4n) is 2.42. The first-order valence-electron chi connectivity index (χ1n) is 6.35. The molecule has 1 aliphatic carbocycles. The van der Waals surface area contributed by atoms with Crippen molar-refractivity contribution in [2.45, 2.75) is 44.6 Å². The second kappa shape index (κ2) is 5.49. The van der Waals surface area contributed by atoms with Crippen LogP contribution in [0.1, 0.15) is 38.2 Å². The van der Waals surface area contributed by atoms with Crippen LogP contribution in [-0.2, 0) is 11.2 Å². The van der Waals surface area contributed by atoms with Crippen LogP contribution in [0, 0.1) is 5.92 Å². The zero-order valence-corrected chi connectivity index (χ0v) is 12.1. The number of pyridine rings is 1. The molecule has 0 atom stereocenters. The Morgan fingerprint density at radius 1 is 1.50 bits per heavy atom. The number of hydrogen-bond donors (Lipinski definition) is 1. The Bertz CT molecular complexity index is 439. The maximum Gasteiger partial charge on any atom is 0.168 e. The smallest absolute Gasteiger partial charge is 0.168 e. The van der Waals surface area contributed by atoms with Gasteiger partial charge >= 0.3 is 0 Å². The van der Waals surface area contributed by atoms with Crippen molar-refractivity contribution >= 4 is 21.7 Å². The zero-order valence-electron chi connectivity index (χ0n) is 10.5. The number of aliphatic hydroxyl groups is 1. The molecule has 2 rings (SSSR count). The normalized spacial score (nSPS) is 28.1. The van der Waals surface area contributed by atoms with Gasteiger partial charge < -0.3 is 5.11 Å². The number of hydrogen-bond acceptors (Lipinski definition) is 3. The van der Waals surface area contributed by atoms with Gasteiger partial charge in [-0.1, -0.05) is 6.92 Å². The predicted octanol–water partition coefficient (Wildman–Crippen LogP) is 2.90. The average Bonchev–Trinajstić information content (AvgIpc) is 2.33. The molecule has 0 saturated heterocycles. The van der Waals surface area contributed by atoms with E-state index in [1.54, 1.807) is 12.4 Å². The van der Waals surface area contributed by atoms with E-state index in [0.29, 0.717) is 18.8 Å². The van der Waals surface area contributed by atoms with E-state index in [1.807, 2.05) is 6.07 Å². The van der Waals surface area contributed by atoms with E-state index in [-0.39, 0.29) is 12.2 Å². The van der Waals surface area contributed by atoms with Crippen LogP contribution in [-0.4, -0.2) is 21.5 Å². The van der Waals surface area contributed by atoms with Crippen molar-refractivity contribution < 1.29 is 9.90 Å². The van der Waals surface area contributed by atoms with Crippen molar-refractivity contribution in [2.75, 3.05) is 0 Å². The molecule has 4 heteroatoms. The van der Waals surface area contributed by atoms with Crippen molar-refractivity contribution in [1.82, 2.24) is 4.98 Å². The molecule has 1 aliphatic rings. The van der Waals surface area contributed by atoms with Gasteiger partial charge in [-0.2, -0.15) is 0 Å². The van der Waals surface area contributed by atoms with E-state index in [0.717, 1.165) is 22.9 Å². The Hall–Kier alpha value is -0.740. The van der Waals surface area contributed by atoms with Crippen molar-refractivity contribution in [3.8, 4) is 0 Å². The molecule has 0 unspecified atom stereocenters. The first-order chi connectivity index (χ1) is 8.49. The number of rotatable bonds is 3. The fraction of sp³-hybridized carbons (Fsp3) is 0.571. The van der Waals surface area contributed by atoms with Gasteiger partial charge in [-0.25, -0.2) is 0 Å². The molecule has 1 aromatic rings. The van der Waals surface area contributed by atoms with Crippen LogP contribution in [0.4, 0.5) is 0 Å². The summed E-state index contributed by atoms with van der Waals surface area (Å²) in [6, 6.07) is 1.87. The van der Waals surface area contributed by atoms with E-state index in [9.17, 15) is 9.90 Å². The molecule has 0 aliphatic heterocycles. The maximum atomic E-state index is 12.2. The lowest BCUT2D eigenvalue weighted by atomic mass is 9.76. The SMILES string of the molecule is CC1CCC(O)(C(=O)Cc2cncc(Br)c2)CC1. The van der Waals surface area contributed by atoms with Gasteiger partial charge in [0.1, 0.15) is 5.60 Å². The number of carbonyl (C=O) groups is 1. The van der Waals surface area contributed by atoms with Gasteiger partial charge in [0.2, 0.25) is 0 Å². The summed E-state index contributed by atoms with van der Waals surface area (Å²) in [4.78, 5) is 16.3. The minimum atomic E-state index is -1.12. The minimum absolute atomic E-state index is 0.0747. The molecule has 98 valence electrons. The van der Waals surface area contributed by atoms with Crippen LogP contribution in [0.3, 0.4) is 0 Å². The van der Waals surface area contributed by atoms with Crippen LogP contribution < -0.4 is 0 Å². The van der Waals surface area contributed by atoms with E-state index in [1.165, 1.54) is 0 Å². The molecule has 1 N–H and O–H groups in total. The number of Topliss-reactive ketones (excluding diaryl/α,β-unsaturated/α-hetero) is 1. The monoisotopic (exact) mass is 311 g/mol. The lowest BCUT2D eigenvalue weighted by molar-refractivity contribution is -0.140. The highest BCUT2D eigenvalue weighted by Gasteiger charge is 2.38. The number of carbonyl (C=O) groups excluding carboxylic acids is 1. The lowest BCUT2D eigenvalue weighted by Gasteiger charge is -2.33. The summed E-state index contributed by atoms with van der Waals surface area (Å²) in [5.41, 5.74) is -0.268. The van der Waals surface area contributed by atoms with E-state index < -0.39 is 5.60 Å². The molecule has 0 bridgehead atoms. The van der Waals surface area contributed by atoms with Crippen LogP contribution in [0.15, 0.2) is 22.9 Å². The molecule has 0 spiro atoms. The maximum absolute atomic E-state index is 12.2. The van der Waals surface area contributed by atoms with Crippen LogP contribution in [0.2, 0.25) is 0 Å². The molecule has 1 aromatic heterocycles. The predicted molar refractivity (Wildman–Crippen MR) is 73.2 cm³/mol. The topological polar surface area (TPSA) is 50.2 Å². The first kappa shape index (κ1) is 13.7. The van der Waals surface area contributed by atoms with Gasteiger partial charge in [0, 0.05) is 23.3 Å². The number of ketones is 1. The van der Waals surface area contributed by atoms with Crippen molar-refractivity contribution in [3.05, 3.63) is 28.5 Å². The standard InChI is InChI=1S/C14H18BrNO2/c1-10-2-4-14(18,5-3-10)13(17)7-11-6-12(15)9-16-8-11/h6,8-10,18H,2-5,7H2,1H3. The highest BCUT2D eigenvalue weighted by Crippen LogP contribution is 2.33. The van der Waals surface area contributed by atoms with Gasteiger partial charge in [-0.05, 0) is 59.2 Å². The summed E-state index contributed by atoms with van der Waals surface area (Å²) in [5, 5.41) is 10.4. The number of nitrogens with zero attached hydrogens (tertiary/aromatic N) is 1. The van der Waals surface area contributed by atoms with Crippen LogP contribution in [0.25, 0.3) is 0 Å². The molecule has 0 amide bonds. The van der Waals surface area contributed by atoms with Gasteiger partial charge in [0.15, 0.2) is 5.78 Å². The molecule has 0 aromatic carbocycles. The van der Waals surface area contributed by atoms with E-state index in [4.69, 9.17) is 0 Å². The Morgan fingerprint density at radius 3 is 2.78 bits per heavy atom. The van der Waals surface area contributed by atoms with Crippen molar-refractivity contribution in [1.29, 1.82) is 0 Å². The van der Waals surface area contributed by atoms with Gasteiger partial charge in [0.25, 0.3) is 0 Å². The Balaban J connectivity index is 2.03. The molecule has 18 heavy (non-hydrogen) atoms. The van der Waals surface area contributed by atoms with E-state index >= 15 is 0 Å². The second-order valence-corrected chi connectivity index (χ2v) is 6.24. The molecule has 3 nitrogen and oxygen atoms in total. The fourth-order valence-corrected chi connectivity index (χ4v) is 2.83. The average molecular weight is 312 g/mol. The van der Waals surface area contributed by atoms with Gasteiger partial charge in [-0.3, -0.25) is 9.78 Å². The molecular weight excluding hydrogens is 294 g/mol. The lowest BCUT2D eigenvalue weighted by Crippen LogP contribution is -2.42. The van der Waals surface area contributed by atoms with Crippen LogP contribution >= 0.6 is 15.9 Å². The zero-order chi connectivity index (χ0) is 13.2. The summed E-state index contributed by atoms with van der Waals surface area (Å²) in [6.07, 6.45) is 6.67. The first-order valence-corrected chi connectivity index (χ1v) is 7.14. The third-order valence-electron chi connectivity index (χ3n) is 3.75. The Kier molecular flexibility index (Phi) is 4.17. The third kappa shape index (κ3) is 3.18. The highest BCUT2D eigenvalue weighted by molar-refractivity contribution is 9.10. The molecule has 1 fully saturated rings. The molecular formula is C14H18BrNO2. The minimum Gasteiger partial charge on any atom is -0.382 e. The summed E-state index contributed by atoms with van der Waals surface area (Å²) in [6.45, 7) is 2.17. The molecule has 0 radical (unpaired) electrons. The number of aromatic nitrogens is 1. The van der Waals surface area contributed by atoms with Gasteiger partial charge in [-0.15, -0.1) is 0 Å². The molecule has 1 saturated carbocycles. The van der Waals surface area contributed by atoms with Crippen molar-refractivity contribution in [2.24, 2.45) is 5.92 Å². The Morgan fingerprint density at radius 2 is 2.17 bits per heavy atom. The summed E-state index contributed by atoms with van der Waals surface area (Å²) in [5.74, 6) is 0.542. The highest BCUT2D eigenvalue weighted by atomic mass is 79.9. The van der Waals surface area contributed by atoms with Crippen LogP contribution in [0.5, 0.6) is 0 Å². The number of halogens is 1. The largest absolute Gasteiger partial charge is 0.382 e. The van der Waals surface area contributed by atoms with Gasteiger partial charge in [0.05, 0.1) is 0 Å².